The number of phenols is 1. The van der Waals surface area contributed by atoms with Gasteiger partial charge in [-0.3, -0.25) is 28.8 Å². The lowest BCUT2D eigenvalue weighted by molar-refractivity contribution is -0.138. The van der Waals surface area contributed by atoms with E-state index in [2.05, 4.69) is 0 Å². The topological polar surface area (TPSA) is 122 Å². The molecule has 4 heterocycles. The van der Waals surface area contributed by atoms with Crippen LogP contribution in [-0.4, -0.2) is 50.5 Å². The molecule has 0 bridgehead atoms. The van der Waals surface area contributed by atoms with Gasteiger partial charge in [-0.2, -0.15) is 5.10 Å². The molecule has 12 heteroatoms. The van der Waals surface area contributed by atoms with Gasteiger partial charge in [0.1, 0.15) is 29.6 Å². The summed E-state index contributed by atoms with van der Waals surface area (Å²) >= 11 is 7.88. The maximum Gasteiger partial charge on any atom is 0.242 e. The highest BCUT2D eigenvalue weighted by molar-refractivity contribution is 7.22. The highest BCUT2D eigenvalue weighted by atomic mass is 35.5. The van der Waals surface area contributed by atoms with Gasteiger partial charge < -0.3 is 9.84 Å². The number of aryl methyl sites for hydroxylation is 2. The third-order valence-electron chi connectivity index (χ3n) is 12.3. The average molecular weight is 761 g/mol. The Balaban J connectivity index is 1.13. The highest BCUT2D eigenvalue weighted by Gasteiger charge is 2.68. The van der Waals surface area contributed by atoms with E-state index in [4.69, 9.17) is 21.4 Å². The van der Waals surface area contributed by atoms with Crippen LogP contribution in [0, 0.1) is 36.0 Å². The molecular formula is C42H37ClN4O6S. The summed E-state index contributed by atoms with van der Waals surface area (Å²) in [6, 6.07) is 22.3. The van der Waals surface area contributed by atoms with E-state index in [0.717, 1.165) is 31.7 Å². The monoisotopic (exact) mass is 760 g/mol. The van der Waals surface area contributed by atoms with Crippen LogP contribution in [0.3, 0.4) is 0 Å². The molecule has 274 valence electrons. The first-order valence-electron chi connectivity index (χ1n) is 18.0. The fourth-order valence-corrected chi connectivity index (χ4v) is 10.9. The maximum absolute atomic E-state index is 15.1. The van der Waals surface area contributed by atoms with E-state index >= 15 is 4.79 Å². The third-order valence-corrected chi connectivity index (χ3v) is 13.8. The van der Waals surface area contributed by atoms with E-state index in [0.29, 0.717) is 40.9 Å². The number of allylic oxidation sites excluding steroid dienone is 2. The molecule has 6 unspecified atom stereocenters. The SMILES string of the molecule is Cc1c(-c2cc(N3C(=O)C4CC5C(=CCC6C(=O)N(C)C(=O)C65)C(c5ccc(OCc6ccccc6)cc5O)C4(C)C3=O)n(C)n2)sc2ccc(Cl)cc12. The Kier molecular flexibility index (Phi) is 7.92. The number of likely N-dealkylation sites (tertiary alicyclic amines) is 1. The maximum atomic E-state index is 15.1. The van der Waals surface area contributed by atoms with Crippen LogP contribution in [0.25, 0.3) is 20.7 Å². The second-order valence-electron chi connectivity index (χ2n) is 15.1. The van der Waals surface area contributed by atoms with E-state index in [1.165, 1.54) is 22.9 Å². The molecule has 4 aliphatic rings. The van der Waals surface area contributed by atoms with Crippen LogP contribution >= 0.6 is 22.9 Å². The van der Waals surface area contributed by atoms with Crippen LogP contribution in [0.1, 0.15) is 42.4 Å². The van der Waals surface area contributed by atoms with E-state index in [9.17, 15) is 19.5 Å². The molecule has 1 N–H and O–H groups in total. The largest absolute Gasteiger partial charge is 0.508 e. The Morgan fingerprint density at radius 3 is 2.50 bits per heavy atom. The summed E-state index contributed by atoms with van der Waals surface area (Å²) in [7, 11) is 3.22. The number of amides is 4. The van der Waals surface area contributed by atoms with Gasteiger partial charge in [-0.1, -0.05) is 59.6 Å². The highest BCUT2D eigenvalue weighted by Crippen LogP contribution is 2.64. The van der Waals surface area contributed by atoms with E-state index in [1.807, 2.05) is 61.5 Å². The van der Waals surface area contributed by atoms with Gasteiger partial charge in [0.15, 0.2) is 0 Å². The normalized spacial score (nSPS) is 26.3. The molecule has 2 aliphatic heterocycles. The minimum Gasteiger partial charge on any atom is -0.508 e. The van der Waals surface area contributed by atoms with Crippen LogP contribution in [0.5, 0.6) is 11.5 Å². The standard InChI is InChI=1S/C42H37ClN4O6S/c1-21-28-16-23(43)10-15-33(28)54-37(21)31-19-34(46(4)44-31)47-39(50)30-18-29-25(13-14-27-35(29)40(51)45(3)38(27)49)36(42(30,2)41(47)52)26-12-11-24(17-32(26)48)53-20-22-8-6-5-7-9-22/h5-13,15-17,19,27,29-30,35-36,48H,14,18,20H2,1-4H3. The Hall–Kier alpha value is -5.26. The van der Waals surface area contributed by atoms with Crippen molar-refractivity contribution in [3.05, 3.63) is 106 Å². The second kappa shape index (κ2) is 12.4. The van der Waals surface area contributed by atoms with Gasteiger partial charge in [0.05, 0.1) is 28.0 Å². The summed E-state index contributed by atoms with van der Waals surface area (Å²) in [5.41, 5.74) is 2.52. The van der Waals surface area contributed by atoms with Crippen LogP contribution in [-0.2, 0) is 32.8 Å². The van der Waals surface area contributed by atoms with Gasteiger partial charge >= 0.3 is 0 Å². The molecule has 9 rings (SSSR count). The van der Waals surface area contributed by atoms with Crippen molar-refractivity contribution in [2.75, 3.05) is 11.9 Å². The minimum atomic E-state index is -1.33. The van der Waals surface area contributed by atoms with E-state index in [1.54, 1.807) is 48.2 Å². The number of nitrogens with zero attached hydrogens (tertiary/aromatic N) is 4. The number of benzene rings is 3. The fraction of sp³-hybridized carbons (Fsp3) is 0.310. The second-order valence-corrected chi connectivity index (χ2v) is 16.6. The number of anilines is 1. The first-order chi connectivity index (χ1) is 25.9. The predicted molar refractivity (Wildman–Crippen MR) is 205 cm³/mol. The van der Waals surface area contributed by atoms with E-state index < -0.39 is 46.8 Å². The number of halogens is 1. The Morgan fingerprint density at radius 2 is 1.74 bits per heavy atom. The van der Waals surface area contributed by atoms with Crippen molar-refractivity contribution in [1.82, 2.24) is 14.7 Å². The average Bonchev–Trinajstić information content (AvgIpc) is 3.82. The molecule has 0 radical (unpaired) electrons. The zero-order chi connectivity index (χ0) is 37.8. The number of carbonyl (C=O) groups is 4. The predicted octanol–water partition coefficient (Wildman–Crippen LogP) is 7.41. The number of aromatic nitrogens is 2. The van der Waals surface area contributed by atoms with Crippen molar-refractivity contribution in [3.63, 3.8) is 0 Å². The van der Waals surface area contributed by atoms with Crippen molar-refractivity contribution in [3.8, 4) is 22.1 Å². The third kappa shape index (κ3) is 4.94. The van der Waals surface area contributed by atoms with Crippen molar-refractivity contribution in [2.45, 2.75) is 39.2 Å². The molecule has 3 fully saturated rings. The molecule has 6 atom stereocenters. The Bertz CT molecular complexity index is 2470. The zero-order valence-corrected chi connectivity index (χ0v) is 31.6. The van der Waals surface area contributed by atoms with Gasteiger partial charge in [-0.15, -0.1) is 11.3 Å². The molecule has 4 amide bonds. The van der Waals surface area contributed by atoms with Gasteiger partial charge in [0.2, 0.25) is 23.6 Å². The molecule has 2 aliphatic carbocycles. The van der Waals surface area contributed by atoms with Crippen molar-refractivity contribution < 1.29 is 29.0 Å². The number of ether oxygens (including phenoxy) is 1. The fourth-order valence-electron chi connectivity index (χ4n) is 9.55. The van der Waals surface area contributed by atoms with Crippen LogP contribution in [0.2, 0.25) is 5.02 Å². The number of imide groups is 2. The number of aromatic hydroxyl groups is 1. The lowest BCUT2D eigenvalue weighted by Crippen LogP contribution is -2.48. The van der Waals surface area contributed by atoms with Gasteiger partial charge in [0.25, 0.3) is 0 Å². The minimum absolute atomic E-state index is 0.0815. The molecule has 0 spiro atoms. The summed E-state index contributed by atoms with van der Waals surface area (Å²) in [6.07, 6.45) is 2.52. The van der Waals surface area contributed by atoms with E-state index in [-0.39, 0.29) is 24.0 Å². The number of carbonyl (C=O) groups excluding carboxylic acids is 4. The molecule has 2 aromatic heterocycles. The smallest absolute Gasteiger partial charge is 0.242 e. The summed E-state index contributed by atoms with van der Waals surface area (Å²) in [4.78, 5) is 60.1. The van der Waals surface area contributed by atoms with Gasteiger partial charge in [0, 0.05) is 47.4 Å². The first-order valence-corrected chi connectivity index (χ1v) is 19.2. The lowest BCUT2D eigenvalue weighted by Gasteiger charge is -2.49. The lowest BCUT2D eigenvalue weighted by atomic mass is 9.51. The quantitative estimate of drug-likeness (QED) is 0.141. The molecule has 5 aromatic rings. The summed E-state index contributed by atoms with van der Waals surface area (Å²) in [5, 5.41) is 18.2. The first kappa shape index (κ1) is 34.5. The number of hydrogen-bond donors (Lipinski definition) is 1. The molecule has 1 saturated carbocycles. The molecule has 2 saturated heterocycles. The number of hydrogen-bond acceptors (Lipinski definition) is 8. The van der Waals surface area contributed by atoms with Gasteiger partial charge in [-0.25, -0.2) is 4.90 Å². The van der Waals surface area contributed by atoms with Crippen molar-refractivity contribution in [1.29, 1.82) is 0 Å². The molecule has 54 heavy (non-hydrogen) atoms. The summed E-state index contributed by atoms with van der Waals surface area (Å²) < 4.78 is 8.63. The van der Waals surface area contributed by atoms with Crippen molar-refractivity contribution >= 4 is 62.5 Å². The Morgan fingerprint density at radius 1 is 0.963 bits per heavy atom. The summed E-state index contributed by atoms with van der Waals surface area (Å²) in [5.74, 6) is -3.89. The zero-order valence-electron chi connectivity index (χ0n) is 30.1. The molecule has 3 aromatic carbocycles. The van der Waals surface area contributed by atoms with Gasteiger partial charge in [-0.05, 0) is 73.4 Å². The van der Waals surface area contributed by atoms with Crippen LogP contribution in [0.4, 0.5) is 5.82 Å². The van der Waals surface area contributed by atoms with Crippen molar-refractivity contribution in [2.24, 2.45) is 36.1 Å². The summed E-state index contributed by atoms with van der Waals surface area (Å²) in [6.45, 7) is 4.10. The number of thiophene rings is 1. The Labute approximate surface area is 320 Å². The van der Waals surface area contributed by atoms with Crippen LogP contribution in [0.15, 0.2) is 84.4 Å². The molecule has 10 nitrogen and oxygen atoms in total. The number of rotatable bonds is 6. The van der Waals surface area contributed by atoms with Crippen LogP contribution < -0.4 is 9.64 Å². The number of phenolic OH excluding ortho intramolecular Hbond substituents is 1. The molecular weight excluding hydrogens is 724 g/mol. The number of fused-ring (bicyclic) bond motifs is 5.